The van der Waals surface area contributed by atoms with Crippen LogP contribution in [0.4, 0.5) is 5.00 Å². The molecule has 0 bridgehead atoms. The molecule has 8 nitrogen and oxygen atoms in total. The first-order valence-electron chi connectivity index (χ1n) is 8.90. The van der Waals surface area contributed by atoms with Gasteiger partial charge in [0.1, 0.15) is 17.6 Å². The van der Waals surface area contributed by atoms with Crippen LogP contribution in [0.1, 0.15) is 45.8 Å². The summed E-state index contributed by atoms with van der Waals surface area (Å²) in [6.45, 7) is -0.882. The summed E-state index contributed by atoms with van der Waals surface area (Å²) in [4.78, 5) is 36.6. The van der Waals surface area contributed by atoms with Crippen LogP contribution in [0.2, 0.25) is 0 Å². The Kier molecular flexibility index (Phi) is 6.45. The van der Waals surface area contributed by atoms with E-state index in [1.807, 2.05) is 0 Å². The van der Waals surface area contributed by atoms with E-state index in [0.29, 0.717) is 10.6 Å². The Morgan fingerprint density at radius 2 is 2.07 bits per heavy atom. The molecule has 1 aliphatic rings. The summed E-state index contributed by atoms with van der Waals surface area (Å²) >= 11 is 1.41. The maximum absolute atomic E-state index is 12.1. The molecule has 3 rings (SSSR count). The van der Waals surface area contributed by atoms with Crippen molar-refractivity contribution in [3.05, 3.63) is 40.2 Å². The van der Waals surface area contributed by atoms with Gasteiger partial charge in [0.25, 0.3) is 11.8 Å². The monoisotopic (exact) mass is 401 g/mol. The molecule has 0 saturated carbocycles. The number of nitrogens with one attached hydrogen (secondary N) is 2. The maximum atomic E-state index is 12.1. The topological polar surface area (TPSA) is 121 Å². The van der Waals surface area contributed by atoms with Crippen LogP contribution in [0.25, 0.3) is 0 Å². The fourth-order valence-electron chi connectivity index (χ4n) is 2.96. The molecule has 1 aliphatic carbocycles. The number of nitriles is 1. The van der Waals surface area contributed by atoms with Crippen LogP contribution in [0.15, 0.2) is 22.8 Å². The smallest absolute Gasteiger partial charge is 0.325 e. The van der Waals surface area contributed by atoms with Gasteiger partial charge in [-0.05, 0) is 43.4 Å². The number of ether oxygens (including phenoxy) is 1. The molecule has 0 unspecified atom stereocenters. The van der Waals surface area contributed by atoms with Crippen molar-refractivity contribution in [3.63, 3.8) is 0 Å². The third kappa shape index (κ3) is 4.78. The highest BCUT2D eigenvalue weighted by Gasteiger charge is 2.21. The molecule has 0 atom stereocenters. The molecule has 2 aromatic rings. The number of aryl methyl sites for hydroxylation is 1. The Balaban J connectivity index is 1.49. The van der Waals surface area contributed by atoms with Crippen LogP contribution in [0, 0.1) is 11.3 Å². The van der Waals surface area contributed by atoms with Gasteiger partial charge < -0.3 is 19.8 Å². The average molecular weight is 401 g/mol. The molecule has 0 aliphatic heterocycles. The summed E-state index contributed by atoms with van der Waals surface area (Å²) in [5, 5.41) is 15.0. The van der Waals surface area contributed by atoms with Gasteiger partial charge in [-0.15, -0.1) is 11.3 Å². The third-order valence-corrected chi connectivity index (χ3v) is 5.50. The number of hydrogen-bond donors (Lipinski definition) is 2. The van der Waals surface area contributed by atoms with Crippen molar-refractivity contribution in [1.29, 1.82) is 5.26 Å². The van der Waals surface area contributed by atoms with Crippen molar-refractivity contribution >= 4 is 34.1 Å². The molecule has 9 heteroatoms. The number of furan rings is 1. The summed E-state index contributed by atoms with van der Waals surface area (Å²) in [5.74, 6) is -1.76. The SMILES string of the molecule is N#Cc1c(NC(=O)COC(=O)CNC(=O)c2ccco2)sc2c1CCCCC2. The molecule has 2 heterocycles. The van der Waals surface area contributed by atoms with Crippen molar-refractivity contribution in [3.8, 4) is 6.07 Å². The van der Waals surface area contributed by atoms with Crippen LogP contribution in [0.5, 0.6) is 0 Å². The van der Waals surface area contributed by atoms with Gasteiger partial charge in [-0.25, -0.2) is 0 Å². The van der Waals surface area contributed by atoms with Gasteiger partial charge >= 0.3 is 5.97 Å². The van der Waals surface area contributed by atoms with E-state index in [1.54, 1.807) is 6.07 Å². The van der Waals surface area contributed by atoms with E-state index >= 15 is 0 Å². The minimum Gasteiger partial charge on any atom is -0.459 e. The standard InChI is InChI=1S/C19H19N3O5S/c20-9-13-12-5-2-1-3-7-15(12)28-19(13)22-16(23)11-27-17(24)10-21-18(25)14-6-4-8-26-14/h4,6,8H,1-3,5,7,10-11H2,(H,21,25)(H,22,23). The highest BCUT2D eigenvalue weighted by atomic mass is 32.1. The maximum Gasteiger partial charge on any atom is 0.325 e. The van der Waals surface area contributed by atoms with Gasteiger partial charge in [-0.1, -0.05) is 6.42 Å². The number of carbonyl (C=O) groups is 3. The molecule has 146 valence electrons. The predicted octanol–water partition coefficient (Wildman–Crippen LogP) is 2.39. The molecule has 0 saturated heterocycles. The number of nitrogens with zero attached hydrogens (tertiary/aromatic N) is 1. The van der Waals surface area contributed by atoms with E-state index in [4.69, 9.17) is 9.15 Å². The van der Waals surface area contributed by atoms with Gasteiger partial charge in [0.15, 0.2) is 12.4 Å². The molecule has 2 aromatic heterocycles. The number of amides is 2. The lowest BCUT2D eigenvalue weighted by Crippen LogP contribution is -2.32. The normalized spacial score (nSPS) is 13.0. The van der Waals surface area contributed by atoms with Crippen LogP contribution >= 0.6 is 11.3 Å². The Labute approximate surface area is 165 Å². The third-order valence-electron chi connectivity index (χ3n) is 4.29. The van der Waals surface area contributed by atoms with E-state index in [0.717, 1.165) is 42.5 Å². The van der Waals surface area contributed by atoms with Gasteiger partial charge in [0.05, 0.1) is 11.8 Å². The Morgan fingerprint density at radius 3 is 2.82 bits per heavy atom. The first kappa shape index (κ1) is 19.6. The number of thiophene rings is 1. The highest BCUT2D eigenvalue weighted by Crippen LogP contribution is 2.36. The van der Waals surface area contributed by atoms with E-state index < -0.39 is 24.4 Å². The van der Waals surface area contributed by atoms with Gasteiger partial charge in [-0.3, -0.25) is 14.4 Å². The zero-order chi connectivity index (χ0) is 19.9. The van der Waals surface area contributed by atoms with Gasteiger partial charge in [0.2, 0.25) is 0 Å². The summed E-state index contributed by atoms with van der Waals surface area (Å²) < 4.78 is 9.77. The summed E-state index contributed by atoms with van der Waals surface area (Å²) in [6.07, 6.45) is 6.35. The summed E-state index contributed by atoms with van der Waals surface area (Å²) in [7, 11) is 0. The molecule has 28 heavy (non-hydrogen) atoms. The zero-order valence-corrected chi connectivity index (χ0v) is 15.9. The largest absolute Gasteiger partial charge is 0.459 e. The molecule has 0 aromatic carbocycles. The van der Waals surface area contributed by atoms with Crippen molar-refractivity contribution < 1.29 is 23.5 Å². The first-order chi connectivity index (χ1) is 13.6. The van der Waals surface area contributed by atoms with Gasteiger partial charge in [-0.2, -0.15) is 5.26 Å². The lowest BCUT2D eigenvalue weighted by Gasteiger charge is -2.06. The first-order valence-corrected chi connectivity index (χ1v) is 9.72. The average Bonchev–Trinajstić information content (AvgIpc) is 3.27. The summed E-state index contributed by atoms with van der Waals surface area (Å²) in [6, 6.07) is 5.19. The fraction of sp³-hybridized carbons (Fsp3) is 0.368. The molecule has 2 amide bonds. The molecular formula is C19H19N3O5S. The van der Waals surface area contributed by atoms with E-state index in [2.05, 4.69) is 16.7 Å². The lowest BCUT2D eigenvalue weighted by atomic mass is 10.1. The second kappa shape index (κ2) is 9.19. The van der Waals surface area contributed by atoms with Gasteiger partial charge in [0, 0.05) is 4.88 Å². The molecule has 0 fully saturated rings. The number of anilines is 1. The van der Waals surface area contributed by atoms with E-state index in [-0.39, 0.29) is 12.3 Å². The van der Waals surface area contributed by atoms with Crippen LogP contribution in [0.3, 0.4) is 0 Å². The van der Waals surface area contributed by atoms with E-state index in [1.165, 1.54) is 23.7 Å². The second-order valence-corrected chi connectivity index (χ2v) is 7.35. The Bertz CT molecular complexity index is 911. The minimum absolute atomic E-state index is 0.0760. The molecular weight excluding hydrogens is 382 g/mol. The Morgan fingerprint density at radius 1 is 1.25 bits per heavy atom. The number of hydrogen-bond acceptors (Lipinski definition) is 7. The second-order valence-electron chi connectivity index (χ2n) is 6.25. The predicted molar refractivity (Wildman–Crippen MR) is 101 cm³/mol. The number of fused-ring (bicyclic) bond motifs is 1. The lowest BCUT2D eigenvalue weighted by molar-refractivity contribution is -0.146. The molecule has 2 N–H and O–H groups in total. The van der Waals surface area contributed by atoms with Crippen LogP contribution < -0.4 is 10.6 Å². The van der Waals surface area contributed by atoms with Crippen molar-refractivity contribution in [1.82, 2.24) is 5.32 Å². The van der Waals surface area contributed by atoms with Crippen molar-refractivity contribution in [2.24, 2.45) is 0 Å². The Hall–Kier alpha value is -3.12. The number of esters is 1. The molecule has 0 spiro atoms. The fourth-order valence-corrected chi connectivity index (χ4v) is 4.21. The van der Waals surface area contributed by atoms with Crippen LogP contribution in [-0.4, -0.2) is 30.9 Å². The summed E-state index contributed by atoms with van der Waals surface area (Å²) in [5.41, 5.74) is 1.53. The van der Waals surface area contributed by atoms with Crippen LogP contribution in [-0.2, 0) is 27.2 Å². The highest BCUT2D eigenvalue weighted by molar-refractivity contribution is 7.16. The quantitative estimate of drug-likeness (QED) is 0.566. The molecule has 0 radical (unpaired) electrons. The number of carbonyl (C=O) groups excluding carboxylic acids is 3. The minimum atomic E-state index is -0.752. The van der Waals surface area contributed by atoms with Crippen molar-refractivity contribution in [2.45, 2.75) is 32.1 Å². The zero-order valence-electron chi connectivity index (χ0n) is 15.1. The van der Waals surface area contributed by atoms with E-state index in [9.17, 15) is 19.6 Å². The van der Waals surface area contributed by atoms with Crippen molar-refractivity contribution in [2.75, 3.05) is 18.5 Å². The number of rotatable bonds is 6.